The molecule has 2 atom stereocenters. The predicted octanol–water partition coefficient (Wildman–Crippen LogP) is 17.7. The van der Waals surface area contributed by atoms with Gasteiger partial charge in [-0.2, -0.15) is 0 Å². The van der Waals surface area contributed by atoms with Crippen LogP contribution in [0.1, 0.15) is 249 Å². The molecule has 0 amide bonds. The molecule has 316 valence electrons. The molecule has 1 heterocycles. The molecule has 0 saturated heterocycles. The Kier molecular flexibility index (Phi) is 27.9. The first-order chi connectivity index (χ1) is 27.7. The molecule has 2 nitrogen and oxygen atoms in total. The number of unbranched alkanes of at least 4 members (excludes halogenated alkanes) is 29. The van der Waals surface area contributed by atoms with Crippen molar-refractivity contribution in [3.63, 3.8) is 0 Å². The fraction of sp³-hybridized carbons (Fsp3) is 0.722. The molecule has 0 saturated carbocycles. The zero-order valence-electron chi connectivity index (χ0n) is 37.4. The van der Waals surface area contributed by atoms with E-state index in [0.29, 0.717) is 5.92 Å². The lowest BCUT2D eigenvalue weighted by atomic mass is 9.66. The lowest BCUT2D eigenvalue weighted by molar-refractivity contribution is 0.321. The Hall–Kier alpha value is -2.35. The van der Waals surface area contributed by atoms with Crippen molar-refractivity contribution in [1.29, 1.82) is 0 Å². The van der Waals surface area contributed by atoms with Crippen LogP contribution in [0.25, 0.3) is 0 Å². The third-order valence-electron chi connectivity index (χ3n) is 13.0. The average molecular weight is 767 g/mol. The summed E-state index contributed by atoms with van der Waals surface area (Å²) in [6.45, 7) is 8.26. The molecule has 1 aromatic heterocycles. The van der Waals surface area contributed by atoms with Crippen LogP contribution in [-0.4, -0.2) is 9.55 Å². The van der Waals surface area contributed by atoms with Crippen LogP contribution in [-0.2, 0) is 18.4 Å². The van der Waals surface area contributed by atoms with Gasteiger partial charge in [0.05, 0.1) is 0 Å². The molecule has 2 heteroatoms. The van der Waals surface area contributed by atoms with Crippen LogP contribution < -0.4 is 0 Å². The standard InChI is InChI=1S/C54H90N2/c1-4-6-8-10-12-14-16-18-20-21-23-25-27-29-31-39-45-52(54(3,51-43-37-34-38-44-51)49-50-41-35-33-36-42-50)53-55-46-48-56(53)47-40-32-30-28-26-24-22-19-17-15-13-11-9-7-5-2/h33-38,41-44,46,48,52H,4-32,39-40,45,47,49H2,1-3H3. The third kappa shape index (κ3) is 20.9. The summed E-state index contributed by atoms with van der Waals surface area (Å²) in [6, 6.07) is 22.7. The number of aryl methyl sites for hydroxylation is 1. The van der Waals surface area contributed by atoms with Gasteiger partial charge in [-0.15, -0.1) is 0 Å². The van der Waals surface area contributed by atoms with E-state index in [1.165, 1.54) is 222 Å². The highest BCUT2D eigenvalue weighted by molar-refractivity contribution is 5.33. The van der Waals surface area contributed by atoms with E-state index in [4.69, 9.17) is 4.98 Å². The zero-order chi connectivity index (χ0) is 39.6. The van der Waals surface area contributed by atoms with Gasteiger partial charge in [0.25, 0.3) is 0 Å². The first-order valence-electron chi connectivity index (χ1n) is 24.8. The molecule has 56 heavy (non-hydrogen) atoms. The maximum atomic E-state index is 5.19. The fourth-order valence-electron chi connectivity index (χ4n) is 9.37. The van der Waals surface area contributed by atoms with Crippen molar-refractivity contribution in [3.8, 4) is 0 Å². The minimum Gasteiger partial charge on any atom is -0.335 e. The summed E-state index contributed by atoms with van der Waals surface area (Å²) in [6.07, 6.45) is 50.4. The quantitative estimate of drug-likeness (QED) is 0.0531. The molecular formula is C54H90N2. The Morgan fingerprint density at radius 1 is 0.464 bits per heavy atom. The molecule has 0 spiro atoms. The minimum atomic E-state index is -0.0315. The normalized spacial score (nSPS) is 13.3. The van der Waals surface area contributed by atoms with Crippen LogP contribution in [0.15, 0.2) is 73.1 Å². The van der Waals surface area contributed by atoms with Gasteiger partial charge in [0.1, 0.15) is 5.82 Å². The van der Waals surface area contributed by atoms with E-state index in [0.717, 1.165) is 13.0 Å². The molecule has 0 bridgehead atoms. The lowest BCUT2D eigenvalue weighted by Gasteiger charge is -2.39. The predicted molar refractivity (Wildman–Crippen MR) is 248 cm³/mol. The van der Waals surface area contributed by atoms with Gasteiger partial charge >= 0.3 is 0 Å². The Bertz CT molecular complexity index is 1260. The van der Waals surface area contributed by atoms with Gasteiger partial charge in [-0.25, -0.2) is 4.98 Å². The van der Waals surface area contributed by atoms with E-state index < -0.39 is 0 Å². The van der Waals surface area contributed by atoms with Crippen molar-refractivity contribution < 1.29 is 0 Å². The molecule has 0 radical (unpaired) electrons. The highest BCUT2D eigenvalue weighted by Crippen LogP contribution is 2.44. The molecular weight excluding hydrogens is 677 g/mol. The van der Waals surface area contributed by atoms with Crippen LogP contribution >= 0.6 is 0 Å². The zero-order valence-corrected chi connectivity index (χ0v) is 37.4. The molecule has 0 aliphatic heterocycles. The maximum absolute atomic E-state index is 5.19. The maximum Gasteiger partial charge on any atom is 0.112 e. The number of rotatable bonds is 38. The van der Waals surface area contributed by atoms with Crippen molar-refractivity contribution in [2.24, 2.45) is 0 Å². The van der Waals surface area contributed by atoms with E-state index >= 15 is 0 Å². The minimum absolute atomic E-state index is 0.0315. The van der Waals surface area contributed by atoms with Crippen LogP contribution in [0, 0.1) is 0 Å². The van der Waals surface area contributed by atoms with Gasteiger partial charge in [-0.05, 0) is 30.4 Å². The fourth-order valence-corrected chi connectivity index (χ4v) is 9.37. The Morgan fingerprint density at radius 2 is 0.839 bits per heavy atom. The molecule has 2 aromatic carbocycles. The number of hydrogen-bond acceptors (Lipinski definition) is 1. The highest BCUT2D eigenvalue weighted by Gasteiger charge is 2.39. The second kappa shape index (κ2) is 32.6. The summed E-state index contributed by atoms with van der Waals surface area (Å²) in [7, 11) is 0. The summed E-state index contributed by atoms with van der Waals surface area (Å²) in [5, 5.41) is 0. The molecule has 2 unspecified atom stereocenters. The first kappa shape index (κ1) is 48.0. The van der Waals surface area contributed by atoms with Crippen LogP contribution in [0.4, 0.5) is 0 Å². The van der Waals surface area contributed by atoms with E-state index in [2.05, 4.69) is 98.4 Å². The number of nitrogens with zero attached hydrogens (tertiary/aromatic N) is 2. The van der Waals surface area contributed by atoms with E-state index in [1.807, 2.05) is 0 Å². The topological polar surface area (TPSA) is 17.8 Å². The van der Waals surface area contributed by atoms with Crippen molar-refractivity contribution in [2.45, 2.75) is 251 Å². The largest absolute Gasteiger partial charge is 0.335 e. The molecule has 0 fully saturated rings. The molecule has 0 aliphatic rings. The molecule has 3 rings (SSSR count). The SMILES string of the molecule is CCCCCCCCCCCCCCCCCCC(c1nccn1CCCCCCCCCCCCCCCCC)C(C)(Cc1ccccc1)c1ccccc1. The molecule has 0 N–H and O–H groups in total. The lowest BCUT2D eigenvalue weighted by Crippen LogP contribution is -2.35. The molecule has 3 aromatic rings. The van der Waals surface area contributed by atoms with Gasteiger partial charge in [0.15, 0.2) is 0 Å². The van der Waals surface area contributed by atoms with Crippen molar-refractivity contribution in [1.82, 2.24) is 9.55 Å². The Balaban J connectivity index is 1.46. The summed E-state index contributed by atoms with van der Waals surface area (Å²) in [5.74, 6) is 1.70. The van der Waals surface area contributed by atoms with Gasteiger partial charge in [0.2, 0.25) is 0 Å². The van der Waals surface area contributed by atoms with Gasteiger partial charge < -0.3 is 4.57 Å². The van der Waals surface area contributed by atoms with Crippen LogP contribution in [0.5, 0.6) is 0 Å². The summed E-state index contributed by atoms with van der Waals surface area (Å²) >= 11 is 0. The first-order valence-corrected chi connectivity index (χ1v) is 24.8. The van der Waals surface area contributed by atoms with Gasteiger partial charge in [-0.3, -0.25) is 0 Å². The summed E-state index contributed by atoms with van der Waals surface area (Å²) in [4.78, 5) is 5.19. The Morgan fingerprint density at radius 3 is 1.27 bits per heavy atom. The van der Waals surface area contributed by atoms with E-state index in [1.54, 1.807) is 0 Å². The van der Waals surface area contributed by atoms with Gasteiger partial charge in [0, 0.05) is 30.3 Å². The number of hydrogen-bond donors (Lipinski definition) is 0. The second-order valence-electron chi connectivity index (χ2n) is 18.0. The number of benzene rings is 2. The summed E-state index contributed by atoms with van der Waals surface area (Å²) in [5.41, 5.74) is 2.85. The van der Waals surface area contributed by atoms with Crippen LogP contribution in [0.2, 0.25) is 0 Å². The van der Waals surface area contributed by atoms with Gasteiger partial charge in [-0.1, -0.05) is 274 Å². The monoisotopic (exact) mass is 767 g/mol. The Labute approximate surface area is 348 Å². The highest BCUT2D eigenvalue weighted by atomic mass is 15.1. The third-order valence-corrected chi connectivity index (χ3v) is 13.0. The van der Waals surface area contributed by atoms with E-state index in [-0.39, 0.29) is 5.41 Å². The van der Waals surface area contributed by atoms with Crippen molar-refractivity contribution in [2.75, 3.05) is 0 Å². The van der Waals surface area contributed by atoms with Crippen LogP contribution in [0.3, 0.4) is 0 Å². The van der Waals surface area contributed by atoms with E-state index in [9.17, 15) is 0 Å². The van der Waals surface area contributed by atoms with Crippen molar-refractivity contribution >= 4 is 0 Å². The molecule has 0 aliphatic carbocycles. The number of aromatic nitrogens is 2. The van der Waals surface area contributed by atoms with Crippen molar-refractivity contribution in [3.05, 3.63) is 90.0 Å². The average Bonchev–Trinajstić information content (AvgIpc) is 3.69. The summed E-state index contributed by atoms with van der Waals surface area (Å²) < 4.78 is 2.55. The smallest absolute Gasteiger partial charge is 0.112 e. The number of imidazole rings is 1. The second-order valence-corrected chi connectivity index (χ2v) is 18.0.